The van der Waals surface area contributed by atoms with Gasteiger partial charge in [0.1, 0.15) is 23.6 Å². The number of aliphatic hydroxyl groups excluding tert-OH is 3. The van der Waals surface area contributed by atoms with Gasteiger partial charge >= 0.3 is 5.97 Å². The molecule has 48 heavy (non-hydrogen) atoms. The first-order valence-electron chi connectivity index (χ1n) is 17.7. The van der Waals surface area contributed by atoms with Crippen molar-refractivity contribution in [2.75, 3.05) is 7.05 Å². The Hall–Kier alpha value is -2.62. The van der Waals surface area contributed by atoms with Gasteiger partial charge in [-0.25, -0.2) is 4.79 Å². The van der Waals surface area contributed by atoms with E-state index in [4.69, 9.17) is 4.74 Å². The van der Waals surface area contributed by atoms with E-state index in [-0.39, 0.29) is 68.9 Å². The van der Waals surface area contributed by atoms with Gasteiger partial charge in [-0.15, -0.1) is 0 Å². The number of aldehydes is 1. The number of esters is 1. The summed E-state index contributed by atoms with van der Waals surface area (Å²) in [4.78, 5) is 26.3. The quantitative estimate of drug-likeness (QED) is 0.141. The first-order valence-corrected chi connectivity index (χ1v) is 17.7. The van der Waals surface area contributed by atoms with Gasteiger partial charge in [0.05, 0.1) is 29.8 Å². The van der Waals surface area contributed by atoms with Crippen LogP contribution in [-0.4, -0.2) is 91.1 Å². The van der Waals surface area contributed by atoms with Crippen molar-refractivity contribution in [2.24, 2.45) is 34.5 Å². The summed E-state index contributed by atoms with van der Waals surface area (Å²) in [5.41, 5.74) is -4.81. The van der Waals surface area contributed by atoms with Gasteiger partial charge in [0.25, 0.3) is 0 Å². The highest BCUT2D eigenvalue weighted by molar-refractivity contribution is 5.86. The molecule has 1 aromatic rings. The number of hydrogen-bond donors (Lipinski definition) is 7. The van der Waals surface area contributed by atoms with E-state index in [1.54, 1.807) is 6.08 Å². The van der Waals surface area contributed by atoms with Gasteiger partial charge in [-0.05, 0) is 93.0 Å². The molecule has 1 heterocycles. The van der Waals surface area contributed by atoms with E-state index >= 15 is 0 Å². The van der Waals surface area contributed by atoms with Crippen molar-refractivity contribution in [3.8, 4) is 11.8 Å². The van der Waals surface area contributed by atoms with Crippen LogP contribution >= 0.6 is 0 Å². The van der Waals surface area contributed by atoms with E-state index in [2.05, 4.69) is 17.2 Å². The number of benzene rings is 1. The van der Waals surface area contributed by atoms with Crippen LogP contribution in [0.4, 0.5) is 0 Å². The maximum atomic E-state index is 13.4. The second-order valence-corrected chi connectivity index (χ2v) is 16.1. The van der Waals surface area contributed by atoms with Crippen LogP contribution in [-0.2, 0) is 27.4 Å². The highest BCUT2D eigenvalue weighted by Crippen LogP contribution is 2.75. The van der Waals surface area contributed by atoms with E-state index < -0.39 is 57.8 Å². The van der Waals surface area contributed by atoms with Gasteiger partial charge in [0, 0.05) is 54.2 Å². The Kier molecular flexibility index (Phi) is 7.42. The first-order chi connectivity index (χ1) is 22.9. The van der Waals surface area contributed by atoms with Crippen molar-refractivity contribution in [2.45, 2.75) is 118 Å². The molecular weight excluding hydrogens is 614 g/mol. The number of likely N-dealkylation sites (N-methyl/N-ethyl adjacent to an activating group) is 1. The number of nitrogens with one attached hydrogen (secondary N) is 1. The number of hydrogen-bond acceptors (Lipinski definition) is 10. The lowest BCUT2D eigenvalue weighted by Crippen LogP contribution is -2.81. The summed E-state index contributed by atoms with van der Waals surface area (Å²) < 4.78 is 6.08. The Balaban J connectivity index is 1.31. The maximum absolute atomic E-state index is 13.4. The van der Waals surface area contributed by atoms with Crippen molar-refractivity contribution in [3.05, 3.63) is 46.5 Å². The third-order valence-electron chi connectivity index (χ3n) is 14.6. The van der Waals surface area contributed by atoms with Gasteiger partial charge in [-0.3, -0.25) is 0 Å². The molecule has 10 nitrogen and oxygen atoms in total. The topological polar surface area (TPSA) is 177 Å². The van der Waals surface area contributed by atoms with Crippen LogP contribution < -0.4 is 5.32 Å². The van der Waals surface area contributed by atoms with Crippen LogP contribution in [0.25, 0.3) is 0 Å². The number of carbonyl (C=O) groups excluding carboxylic acids is 2. The number of aliphatic hydroxyl groups is 6. The van der Waals surface area contributed by atoms with Gasteiger partial charge < -0.3 is 45.5 Å². The van der Waals surface area contributed by atoms with Crippen LogP contribution in [0.15, 0.2) is 29.8 Å². The van der Waals surface area contributed by atoms with Gasteiger partial charge in [0.15, 0.2) is 0 Å². The molecule has 0 unspecified atom stereocenters. The molecule has 0 radical (unpaired) electrons. The van der Waals surface area contributed by atoms with Crippen LogP contribution in [0.1, 0.15) is 80.9 Å². The predicted octanol–water partition coefficient (Wildman–Crippen LogP) is 1.05. The third kappa shape index (κ3) is 3.95. The van der Waals surface area contributed by atoms with Crippen molar-refractivity contribution >= 4 is 12.3 Å². The summed E-state index contributed by atoms with van der Waals surface area (Å²) >= 11 is 0. The average molecular weight is 662 g/mol. The first kappa shape index (κ1) is 32.6. The summed E-state index contributed by atoms with van der Waals surface area (Å²) in [7, 11) is 1.87. The largest absolute Gasteiger partial charge is 0.454 e. The Morgan fingerprint density at radius 2 is 1.90 bits per heavy atom. The van der Waals surface area contributed by atoms with Crippen LogP contribution in [0.3, 0.4) is 0 Å². The average Bonchev–Trinajstić information content (AvgIpc) is 3.57. The SMILES string of the molecule is CN[C@H]1Cc2c(cccc2CO)C#CCC[C@]23CC[C@H]4[C@@](O)([C@@H](O)C[C@]5(O)C[C@@H](O)CC[C@]45C=O)[C@@]2(O)C[C@H]2C[C@H]1[C@H]1OC(=O)C=C1[C@@H]23. The molecule has 0 amide bonds. The molecule has 9 rings (SSSR count). The lowest BCUT2D eigenvalue weighted by molar-refractivity contribution is -0.349. The fourth-order valence-electron chi connectivity index (χ4n) is 12.7. The maximum Gasteiger partial charge on any atom is 0.331 e. The van der Waals surface area contributed by atoms with Crippen molar-refractivity contribution < 1.29 is 45.0 Å². The molecule has 7 aliphatic carbocycles. The fourth-order valence-corrected chi connectivity index (χ4v) is 12.7. The lowest BCUT2D eigenvalue weighted by atomic mass is 9.38. The summed E-state index contributed by atoms with van der Waals surface area (Å²) in [6.45, 7) is -0.130. The minimum atomic E-state index is -2.14. The smallest absolute Gasteiger partial charge is 0.331 e. The van der Waals surface area contributed by atoms with Crippen LogP contribution in [0.2, 0.25) is 0 Å². The molecule has 0 saturated heterocycles. The second-order valence-electron chi connectivity index (χ2n) is 16.1. The zero-order valence-corrected chi connectivity index (χ0v) is 27.4. The summed E-state index contributed by atoms with van der Waals surface area (Å²) in [6.07, 6.45) is 2.03. The summed E-state index contributed by atoms with van der Waals surface area (Å²) in [5, 5.41) is 74.8. The third-order valence-corrected chi connectivity index (χ3v) is 14.6. The van der Waals surface area contributed by atoms with Crippen molar-refractivity contribution in [1.82, 2.24) is 5.32 Å². The zero-order chi connectivity index (χ0) is 33.9. The minimum absolute atomic E-state index is 0.0830. The molecule has 5 saturated carbocycles. The molecule has 5 fully saturated rings. The van der Waals surface area contributed by atoms with E-state index in [1.165, 1.54) is 0 Å². The molecule has 258 valence electrons. The van der Waals surface area contributed by atoms with Crippen LogP contribution in [0.5, 0.6) is 0 Å². The molecular formula is C38H47NO9. The van der Waals surface area contributed by atoms with Crippen molar-refractivity contribution in [1.29, 1.82) is 0 Å². The highest BCUT2D eigenvalue weighted by Gasteiger charge is 2.82. The fraction of sp³-hybridized carbons (Fsp3) is 0.684. The molecule has 8 aliphatic rings. The molecule has 7 N–H and O–H groups in total. The number of rotatable bonds is 3. The molecule has 1 aliphatic heterocycles. The molecule has 1 spiro atoms. The summed E-state index contributed by atoms with van der Waals surface area (Å²) in [5.74, 6) is 4.62. The predicted molar refractivity (Wildman–Crippen MR) is 172 cm³/mol. The minimum Gasteiger partial charge on any atom is -0.454 e. The van der Waals surface area contributed by atoms with Gasteiger partial charge in [0.2, 0.25) is 0 Å². The Labute approximate surface area is 280 Å². The molecule has 4 bridgehead atoms. The number of carbonyl (C=O) groups is 2. The Bertz CT molecular complexity index is 1630. The molecule has 10 heteroatoms. The molecule has 1 aromatic carbocycles. The van der Waals surface area contributed by atoms with Gasteiger partial charge in [-0.2, -0.15) is 0 Å². The standard InChI is InChI=1S/C38H47NO9/c1-39-28-14-25-21(6-4-7-22(25)19-40)5-2-3-10-34-12-9-29-35(20-41)11-8-24(42)17-36(35,45)18-30(43)38(29,47)37(34,46)16-23-13-26(28)33-27(32(23)34)15-31(44)48-33/h4,6-7,15,20,23-24,26,28-30,32-33,39-40,42-43,45-47H,3,8-14,16-19H2,1H3/t23-,24+,26-,28+,29-,30+,32-,33-,34-,35+,36-,37-,38-/m1/s1. The highest BCUT2D eigenvalue weighted by atomic mass is 16.5. The number of ether oxygens (including phenoxy) is 1. The van der Waals surface area contributed by atoms with Crippen LogP contribution in [0, 0.1) is 46.3 Å². The molecule has 0 aromatic heterocycles. The Morgan fingerprint density at radius 3 is 2.65 bits per heavy atom. The normalized spacial score (nSPS) is 48.8. The second kappa shape index (κ2) is 10.9. The van der Waals surface area contributed by atoms with E-state index in [9.17, 15) is 40.2 Å². The molecule has 13 atom stereocenters. The summed E-state index contributed by atoms with van der Waals surface area (Å²) in [6, 6.07) is 5.55. The lowest BCUT2D eigenvalue weighted by Gasteiger charge is -2.70. The van der Waals surface area contributed by atoms with E-state index in [1.807, 2.05) is 25.2 Å². The number of fused-ring (bicyclic) bond motifs is 7. The Morgan fingerprint density at radius 1 is 1.08 bits per heavy atom. The van der Waals surface area contributed by atoms with Crippen molar-refractivity contribution in [3.63, 3.8) is 0 Å². The van der Waals surface area contributed by atoms with E-state index in [0.29, 0.717) is 32.1 Å². The monoisotopic (exact) mass is 661 g/mol. The zero-order valence-electron chi connectivity index (χ0n) is 27.4. The van der Waals surface area contributed by atoms with E-state index in [0.717, 1.165) is 28.5 Å². The van der Waals surface area contributed by atoms with Gasteiger partial charge in [-0.1, -0.05) is 24.0 Å².